The molecule has 0 aliphatic carbocycles. The Morgan fingerprint density at radius 1 is 0.643 bits per heavy atom. The van der Waals surface area contributed by atoms with Crippen LogP contribution in [0.15, 0.2) is 0 Å². The molecule has 0 aliphatic rings. The average Bonchev–Trinajstić information content (AvgIpc) is 1.14. The molecular weight excluding hydrogens is 540 g/mol. The van der Waals surface area contributed by atoms with Crippen molar-refractivity contribution in [2.75, 3.05) is 0 Å². The van der Waals surface area contributed by atoms with E-state index in [1.54, 1.807) is 0 Å². The molecule has 0 unspecified atom stereocenters. The summed E-state index contributed by atoms with van der Waals surface area (Å²) < 4.78 is 0. The van der Waals surface area contributed by atoms with E-state index < -0.39 is 16.1 Å². The predicted octanol–water partition coefficient (Wildman–Crippen LogP) is -2.16. The molecule has 0 bridgehead atoms. The SMILES string of the molecule is C.C.C[Si](C)(C)[CH][Si](C)(C)C.[I-].[I-].[Sb]. The molecule has 0 fully saturated rings. The molecule has 0 spiro atoms. The molecule has 0 nitrogen and oxygen atoms in total. The van der Waals surface area contributed by atoms with Gasteiger partial charge in [-0.25, -0.2) is 0 Å². The summed E-state index contributed by atoms with van der Waals surface area (Å²) in [5, 5.41) is 0. The van der Waals surface area contributed by atoms with E-state index in [4.69, 9.17) is 0 Å². The maximum atomic E-state index is 2.65. The van der Waals surface area contributed by atoms with Gasteiger partial charge in [-0.05, 0) is 0 Å². The Hall–Kier alpha value is 2.71. The predicted molar refractivity (Wildman–Crippen MR) is 70.2 cm³/mol. The second-order valence-electron chi connectivity index (χ2n) is 4.88. The molecule has 0 saturated carbocycles. The Morgan fingerprint density at radius 2 is 0.786 bits per heavy atom. The molecule has 14 heavy (non-hydrogen) atoms. The smallest absolute Gasteiger partial charge is 0.0444 e. The Labute approximate surface area is 146 Å². The molecular formula is C9H27I2SbSi2-2. The maximum Gasteiger partial charge on any atom is 0.0444 e. The average molecular weight is 567 g/mol. The van der Waals surface area contributed by atoms with Crippen LogP contribution in [0.5, 0.6) is 0 Å². The van der Waals surface area contributed by atoms with Gasteiger partial charge in [-0.2, -0.15) is 0 Å². The Bertz CT molecular complexity index is 86.0. The normalized spacial score (nSPS) is 9.00. The first-order valence-electron chi connectivity index (χ1n) is 3.58. The van der Waals surface area contributed by atoms with E-state index in [1.165, 1.54) is 0 Å². The second-order valence-corrected chi connectivity index (χ2v) is 15.5. The Morgan fingerprint density at radius 3 is 0.786 bits per heavy atom. The van der Waals surface area contributed by atoms with Crippen LogP contribution in [0.2, 0.25) is 39.3 Å². The van der Waals surface area contributed by atoms with Crippen LogP contribution in [-0.4, -0.2) is 40.6 Å². The third-order valence-electron chi connectivity index (χ3n) is 0.866. The van der Waals surface area contributed by atoms with Crippen molar-refractivity contribution in [3.05, 3.63) is 5.67 Å². The van der Waals surface area contributed by atoms with Crippen LogP contribution in [0.4, 0.5) is 0 Å². The fourth-order valence-electron chi connectivity index (χ4n) is 1.30. The molecule has 92 valence electrons. The molecule has 0 atom stereocenters. The zero-order valence-electron chi connectivity index (χ0n) is 8.78. The zero-order valence-corrected chi connectivity index (χ0v) is 17.6. The van der Waals surface area contributed by atoms with Crippen molar-refractivity contribution in [2.45, 2.75) is 54.1 Å². The van der Waals surface area contributed by atoms with Gasteiger partial charge in [0.25, 0.3) is 0 Å². The summed E-state index contributed by atoms with van der Waals surface area (Å²) in [6, 6.07) is 0. The molecule has 0 rings (SSSR count). The zero-order chi connectivity index (χ0) is 7.71. The van der Waals surface area contributed by atoms with Gasteiger partial charge in [0.15, 0.2) is 0 Å². The molecule has 0 aromatic carbocycles. The van der Waals surface area contributed by atoms with Crippen LogP contribution in [0, 0.1) is 5.67 Å². The van der Waals surface area contributed by atoms with Crippen LogP contribution in [0.3, 0.4) is 0 Å². The van der Waals surface area contributed by atoms with Crippen molar-refractivity contribution in [1.82, 2.24) is 0 Å². The van der Waals surface area contributed by atoms with Gasteiger partial charge < -0.3 is 48.0 Å². The maximum absolute atomic E-state index is 2.65. The third-order valence-corrected chi connectivity index (χ3v) is 7.79. The topological polar surface area (TPSA) is 0 Å². The minimum atomic E-state index is -0.856. The molecule has 0 aromatic heterocycles. The molecule has 5 heteroatoms. The third kappa shape index (κ3) is 36.4. The number of hydrogen-bond donors (Lipinski definition) is 0. The summed E-state index contributed by atoms with van der Waals surface area (Å²) in [6.45, 7) is 14.4. The fourth-order valence-corrected chi connectivity index (χ4v) is 11.7. The summed E-state index contributed by atoms with van der Waals surface area (Å²) in [5.74, 6) is 0. The molecule has 0 heterocycles. The molecule has 0 aliphatic heterocycles. The summed E-state index contributed by atoms with van der Waals surface area (Å²) in [5.41, 5.74) is 2.65. The van der Waals surface area contributed by atoms with Crippen molar-refractivity contribution >= 4 is 40.6 Å². The van der Waals surface area contributed by atoms with Gasteiger partial charge in [-0.1, -0.05) is 59.8 Å². The quantitative estimate of drug-likeness (QED) is 0.264. The van der Waals surface area contributed by atoms with Gasteiger partial charge >= 0.3 is 0 Å². The number of hydrogen-bond acceptors (Lipinski definition) is 0. The molecule has 0 saturated heterocycles. The standard InChI is InChI=1S/C7H19Si2.2CH4.2HI.Sb/c1-8(2,3)7-9(4,5)6;;;;;/h7H,1-6H3;2*1H4;2*1H;/p-2. The van der Waals surface area contributed by atoms with Crippen LogP contribution < -0.4 is 48.0 Å². The number of halogens is 2. The fraction of sp³-hybridized carbons (Fsp3) is 0.889. The molecule has 4 radical (unpaired) electrons. The largest absolute Gasteiger partial charge is 1.00 e. The van der Waals surface area contributed by atoms with Crippen LogP contribution in [-0.2, 0) is 0 Å². The minimum absolute atomic E-state index is 0. The van der Waals surface area contributed by atoms with Gasteiger partial charge in [0.2, 0.25) is 0 Å². The van der Waals surface area contributed by atoms with Gasteiger partial charge in [-0.3, -0.25) is 0 Å². The molecule has 0 amide bonds. The molecule has 0 aromatic rings. The van der Waals surface area contributed by atoms with Gasteiger partial charge in [0.05, 0.1) is 0 Å². The van der Waals surface area contributed by atoms with Gasteiger partial charge in [0.1, 0.15) is 0 Å². The summed E-state index contributed by atoms with van der Waals surface area (Å²) in [6.07, 6.45) is 0. The van der Waals surface area contributed by atoms with Gasteiger partial charge in [-0.15, -0.1) is 0 Å². The van der Waals surface area contributed by atoms with Crippen molar-refractivity contribution in [1.29, 1.82) is 0 Å². The van der Waals surface area contributed by atoms with Crippen LogP contribution in [0.1, 0.15) is 14.9 Å². The first kappa shape index (κ1) is 36.0. The van der Waals surface area contributed by atoms with E-state index in [0.717, 1.165) is 0 Å². The van der Waals surface area contributed by atoms with Crippen molar-refractivity contribution < 1.29 is 48.0 Å². The van der Waals surface area contributed by atoms with Crippen LogP contribution >= 0.6 is 0 Å². The van der Waals surface area contributed by atoms with E-state index in [2.05, 4.69) is 44.9 Å². The van der Waals surface area contributed by atoms with Crippen molar-refractivity contribution in [3.63, 3.8) is 0 Å². The van der Waals surface area contributed by atoms with E-state index in [-0.39, 0.29) is 87.2 Å². The minimum Gasteiger partial charge on any atom is -1.00 e. The van der Waals surface area contributed by atoms with Crippen molar-refractivity contribution in [2.24, 2.45) is 0 Å². The van der Waals surface area contributed by atoms with Gasteiger partial charge in [0, 0.05) is 40.6 Å². The van der Waals surface area contributed by atoms with E-state index in [9.17, 15) is 0 Å². The number of rotatable bonds is 2. The summed E-state index contributed by atoms with van der Waals surface area (Å²) >= 11 is 0. The monoisotopic (exact) mass is 566 g/mol. The Balaban J connectivity index is -0.0000000320. The Kier molecular flexibility index (Phi) is 35.4. The first-order valence-corrected chi connectivity index (χ1v) is 10.7. The van der Waals surface area contributed by atoms with Crippen molar-refractivity contribution in [3.8, 4) is 0 Å². The van der Waals surface area contributed by atoms with E-state index in [1.807, 2.05) is 0 Å². The van der Waals surface area contributed by atoms with Crippen LogP contribution in [0.25, 0.3) is 0 Å². The summed E-state index contributed by atoms with van der Waals surface area (Å²) in [4.78, 5) is 0. The van der Waals surface area contributed by atoms with E-state index in [0.29, 0.717) is 0 Å². The summed E-state index contributed by atoms with van der Waals surface area (Å²) in [7, 11) is -1.71. The van der Waals surface area contributed by atoms with E-state index >= 15 is 0 Å². The second kappa shape index (κ2) is 13.8. The first-order chi connectivity index (χ1) is 3.71. The molecule has 0 N–H and O–H groups in total.